The van der Waals surface area contributed by atoms with Crippen LogP contribution in [-0.2, 0) is 0 Å². The summed E-state index contributed by atoms with van der Waals surface area (Å²) >= 11 is 0. The number of hydrogen-bond donors (Lipinski definition) is 1. The maximum Gasteiger partial charge on any atom is 0.276 e. The maximum atomic E-state index is 12.8. The van der Waals surface area contributed by atoms with Gasteiger partial charge in [-0.15, -0.1) is 0 Å². The molecule has 0 radical (unpaired) electrons. The maximum absolute atomic E-state index is 12.8. The van der Waals surface area contributed by atoms with Gasteiger partial charge in [0.2, 0.25) is 0 Å². The zero-order valence-electron chi connectivity index (χ0n) is 15.0. The van der Waals surface area contributed by atoms with Crippen molar-refractivity contribution < 1.29 is 13.9 Å². The van der Waals surface area contributed by atoms with Gasteiger partial charge in [-0.3, -0.25) is 4.79 Å². The second-order valence-electron chi connectivity index (χ2n) is 6.21. The van der Waals surface area contributed by atoms with Crippen molar-refractivity contribution in [1.82, 2.24) is 15.1 Å². The SMILES string of the molecule is COc1cn(-c2ccccc2)nc1C(=O)NC(C)c1cc2ccccc2o1. The van der Waals surface area contributed by atoms with Gasteiger partial charge in [0.05, 0.1) is 25.0 Å². The number of furan rings is 1. The van der Waals surface area contributed by atoms with E-state index in [0.29, 0.717) is 11.5 Å². The first kappa shape index (κ1) is 16.9. The van der Waals surface area contributed by atoms with Crippen LogP contribution in [0.15, 0.2) is 71.3 Å². The third kappa shape index (κ3) is 3.29. The van der Waals surface area contributed by atoms with Crippen LogP contribution in [0.2, 0.25) is 0 Å². The lowest BCUT2D eigenvalue weighted by Gasteiger charge is -2.10. The highest BCUT2D eigenvalue weighted by atomic mass is 16.5. The number of nitrogens with zero attached hydrogens (tertiary/aromatic N) is 2. The molecule has 0 bridgehead atoms. The first-order valence-electron chi connectivity index (χ1n) is 8.64. The third-order valence-corrected chi connectivity index (χ3v) is 4.36. The van der Waals surface area contributed by atoms with Gasteiger partial charge in [0, 0.05) is 5.39 Å². The molecule has 0 aliphatic rings. The molecule has 0 saturated heterocycles. The molecule has 1 N–H and O–H groups in total. The molecular formula is C21H19N3O3. The molecule has 1 amide bonds. The first-order valence-corrected chi connectivity index (χ1v) is 8.64. The van der Waals surface area contributed by atoms with Crippen molar-refractivity contribution in [3.05, 3.63) is 78.3 Å². The second-order valence-corrected chi connectivity index (χ2v) is 6.21. The summed E-state index contributed by atoms with van der Waals surface area (Å²) in [6.07, 6.45) is 1.69. The van der Waals surface area contributed by atoms with Gasteiger partial charge in [-0.2, -0.15) is 5.10 Å². The van der Waals surface area contributed by atoms with Gasteiger partial charge in [-0.05, 0) is 31.2 Å². The number of fused-ring (bicyclic) bond motifs is 1. The molecule has 1 atom stereocenters. The highest BCUT2D eigenvalue weighted by molar-refractivity contribution is 5.95. The Morgan fingerprint density at radius 2 is 1.89 bits per heavy atom. The predicted octanol–water partition coefficient (Wildman–Crippen LogP) is 4.12. The number of nitrogens with one attached hydrogen (secondary N) is 1. The lowest BCUT2D eigenvalue weighted by Crippen LogP contribution is -2.27. The van der Waals surface area contributed by atoms with Gasteiger partial charge < -0.3 is 14.5 Å². The molecule has 2 aromatic carbocycles. The van der Waals surface area contributed by atoms with E-state index in [0.717, 1.165) is 16.7 Å². The normalized spacial score (nSPS) is 12.1. The van der Waals surface area contributed by atoms with E-state index in [-0.39, 0.29) is 17.6 Å². The minimum atomic E-state index is -0.325. The van der Waals surface area contributed by atoms with Crippen molar-refractivity contribution in [2.45, 2.75) is 13.0 Å². The van der Waals surface area contributed by atoms with Crippen LogP contribution in [0.3, 0.4) is 0 Å². The molecule has 0 fully saturated rings. The van der Waals surface area contributed by atoms with Crippen LogP contribution in [0.4, 0.5) is 0 Å². The van der Waals surface area contributed by atoms with Crippen molar-refractivity contribution in [2.24, 2.45) is 0 Å². The molecule has 2 heterocycles. The lowest BCUT2D eigenvalue weighted by atomic mass is 10.2. The minimum absolute atomic E-state index is 0.226. The molecule has 2 aromatic heterocycles. The number of methoxy groups -OCH3 is 1. The predicted molar refractivity (Wildman–Crippen MR) is 102 cm³/mol. The summed E-state index contributed by atoms with van der Waals surface area (Å²) in [6.45, 7) is 1.87. The van der Waals surface area contributed by atoms with Crippen molar-refractivity contribution >= 4 is 16.9 Å². The number of amides is 1. The van der Waals surface area contributed by atoms with Crippen LogP contribution in [0.25, 0.3) is 16.7 Å². The number of aromatic nitrogens is 2. The smallest absolute Gasteiger partial charge is 0.276 e. The number of para-hydroxylation sites is 2. The van der Waals surface area contributed by atoms with E-state index >= 15 is 0 Å². The van der Waals surface area contributed by atoms with Crippen LogP contribution in [0, 0.1) is 0 Å². The molecule has 0 saturated carbocycles. The zero-order chi connectivity index (χ0) is 18.8. The average Bonchev–Trinajstić information content (AvgIpc) is 3.33. The van der Waals surface area contributed by atoms with Crippen molar-refractivity contribution in [2.75, 3.05) is 7.11 Å². The molecule has 4 aromatic rings. The summed E-state index contributed by atoms with van der Waals surface area (Å²) in [4.78, 5) is 12.8. The molecule has 6 nitrogen and oxygen atoms in total. The van der Waals surface area contributed by atoms with Crippen LogP contribution < -0.4 is 10.1 Å². The highest BCUT2D eigenvalue weighted by Crippen LogP contribution is 2.25. The van der Waals surface area contributed by atoms with Crippen molar-refractivity contribution in [3.8, 4) is 11.4 Å². The molecule has 0 spiro atoms. The van der Waals surface area contributed by atoms with Crippen LogP contribution >= 0.6 is 0 Å². The molecule has 27 heavy (non-hydrogen) atoms. The molecular weight excluding hydrogens is 342 g/mol. The van der Waals surface area contributed by atoms with E-state index in [1.807, 2.05) is 67.6 Å². The Kier molecular flexibility index (Phi) is 4.38. The van der Waals surface area contributed by atoms with Crippen LogP contribution in [-0.4, -0.2) is 22.8 Å². The van der Waals surface area contributed by atoms with Crippen molar-refractivity contribution in [3.63, 3.8) is 0 Å². The summed E-state index contributed by atoms with van der Waals surface area (Å²) in [6, 6.07) is 18.9. The molecule has 4 rings (SSSR count). The summed E-state index contributed by atoms with van der Waals surface area (Å²) in [5, 5.41) is 8.31. The van der Waals surface area contributed by atoms with Crippen LogP contribution in [0.5, 0.6) is 5.75 Å². The fourth-order valence-electron chi connectivity index (χ4n) is 2.93. The van der Waals surface area contributed by atoms with Gasteiger partial charge in [-0.25, -0.2) is 4.68 Å². The van der Waals surface area contributed by atoms with E-state index in [9.17, 15) is 4.79 Å². The molecule has 0 aliphatic carbocycles. The number of rotatable bonds is 5. The Hall–Kier alpha value is -3.54. The first-order chi connectivity index (χ1) is 13.2. The number of ether oxygens (including phenoxy) is 1. The van der Waals surface area contributed by atoms with Crippen LogP contribution in [0.1, 0.15) is 29.2 Å². The van der Waals surface area contributed by atoms with Gasteiger partial charge >= 0.3 is 0 Å². The summed E-state index contributed by atoms with van der Waals surface area (Å²) in [7, 11) is 1.52. The number of carbonyl (C=O) groups is 1. The fourth-order valence-corrected chi connectivity index (χ4v) is 2.93. The van der Waals surface area contributed by atoms with Gasteiger partial charge in [-0.1, -0.05) is 36.4 Å². The van der Waals surface area contributed by atoms with Gasteiger partial charge in [0.15, 0.2) is 11.4 Å². The highest BCUT2D eigenvalue weighted by Gasteiger charge is 2.22. The minimum Gasteiger partial charge on any atom is -0.493 e. The average molecular weight is 361 g/mol. The van der Waals surface area contributed by atoms with E-state index in [4.69, 9.17) is 9.15 Å². The Morgan fingerprint density at radius 1 is 1.15 bits per heavy atom. The van der Waals surface area contributed by atoms with Gasteiger partial charge in [0.1, 0.15) is 11.3 Å². The van der Waals surface area contributed by atoms with Crippen molar-refractivity contribution in [1.29, 1.82) is 0 Å². The second kappa shape index (κ2) is 6.99. The summed E-state index contributed by atoms with van der Waals surface area (Å²) in [5.74, 6) is 0.772. The van der Waals surface area contributed by atoms with E-state index < -0.39 is 0 Å². The topological polar surface area (TPSA) is 69.3 Å². The van der Waals surface area contributed by atoms with E-state index in [1.165, 1.54) is 7.11 Å². The largest absolute Gasteiger partial charge is 0.493 e. The quantitative estimate of drug-likeness (QED) is 0.581. The molecule has 6 heteroatoms. The summed E-state index contributed by atoms with van der Waals surface area (Å²) < 4.78 is 12.8. The van der Waals surface area contributed by atoms with E-state index in [2.05, 4.69) is 10.4 Å². The lowest BCUT2D eigenvalue weighted by molar-refractivity contribution is 0.0927. The fraction of sp³-hybridized carbons (Fsp3) is 0.143. The molecule has 136 valence electrons. The summed E-state index contributed by atoms with van der Waals surface area (Å²) in [5.41, 5.74) is 1.86. The Morgan fingerprint density at radius 3 is 2.63 bits per heavy atom. The van der Waals surface area contributed by atoms with E-state index in [1.54, 1.807) is 10.9 Å². The molecule has 1 unspecified atom stereocenters. The monoisotopic (exact) mass is 361 g/mol. The Bertz CT molecular complexity index is 1050. The number of benzene rings is 2. The number of carbonyl (C=O) groups excluding carboxylic acids is 1. The Labute approximate surface area is 156 Å². The molecule has 0 aliphatic heterocycles. The number of hydrogen-bond acceptors (Lipinski definition) is 4. The Balaban J connectivity index is 1.58. The zero-order valence-corrected chi connectivity index (χ0v) is 15.0. The standard InChI is InChI=1S/C21H19N3O3/c1-14(18-12-15-8-6-7-11-17(15)27-18)22-21(25)20-19(26-2)13-24(23-20)16-9-4-3-5-10-16/h3-14H,1-2H3,(H,22,25). The van der Waals surface area contributed by atoms with Gasteiger partial charge in [0.25, 0.3) is 5.91 Å². The third-order valence-electron chi connectivity index (χ3n) is 4.36.